The zero-order valence-electron chi connectivity index (χ0n) is 13.0. The van der Waals surface area contributed by atoms with Crippen LogP contribution in [0.15, 0.2) is 18.7 Å². The van der Waals surface area contributed by atoms with E-state index in [-0.39, 0.29) is 18.0 Å². The minimum Gasteiger partial charge on any atom is -0.338 e. The molecule has 0 bridgehead atoms. The monoisotopic (exact) mass is 333 g/mol. The molecule has 9 heteroatoms. The highest BCUT2D eigenvalue weighted by molar-refractivity contribution is 5.74. The van der Waals surface area contributed by atoms with Gasteiger partial charge in [0.25, 0.3) is 0 Å². The van der Waals surface area contributed by atoms with Crippen molar-refractivity contribution in [2.24, 2.45) is 5.92 Å². The quantitative estimate of drug-likeness (QED) is 0.828. The van der Waals surface area contributed by atoms with Crippen molar-refractivity contribution in [1.82, 2.24) is 25.1 Å². The van der Waals surface area contributed by atoms with Gasteiger partial charge in [-0.15, -0.1) is 0 Å². The Hall–Kier alpha value is -1.77. The van der Waals surface area contributed by atoms with Gasteiger partial charge >= 0.3 is 12.2 Å². The topological polar surface area (TPSA) is 62.2 Å². The summed E-state index contributed by atoms with van der Waals surface area (Å²) in [7, 11) is 0. The van der Waals surface area contributed by atoms with E-state index in [0.29, 0.717) is 32.6 Å². The zero-order valence-corrected chi connectivity index (χ0v) is 13.0. The fraction of sp³-hybridized carbons (Fsp3) is 0.714. The van der Waals surface area contributed by atoms with Gasteiger partial charge in [-0.1, -0.05) is 0 Å². The first-order chi connectivity index (χ1) is 10.8. The number of nitrogens with zero attached hydrogens (tertiary/aromatic N) is 3. The van der Waals surface area contributed by atoms with E-state index >= 15 is 0 Å². The minimum atomic E-state index is -4.16. The Morgan fingerprint density at radius 1 is 1.48 bits per heavy atom. The molecule has 1 aliphatic heterocycles. The van der Waals surface area contributed by atoms with Crippen LogP contribution in [0.5, 0.6) is 0 Å². The summed E-state index contributed by atoms with van der Waals surface area (Å²) in [5, 5.41) is 5.53. The zero-order chi connectivity index (χ0) is 16.9. The molecule has 23 heavy (non-hydrogen) atoms. The molecule has 6 nitrogen and oxygen atoms in total. The first-order valence-corrected chi connectivity index (χ1v) is 7.61. The Kier molecular flexibility index (Phi) is 5.86. The van der Waals surface area contributed by atoms with Crippen molar-refractivity contribution < 1.29 is 18.0 Å². The lowest BCUT2D eigenvalue weighted by molar-refractivity contribution is -0.143. The molecule has 0 aliphatic carbocycles. The Labute approximate surface area is 133 Å². The predicted octanol–water partition coefficient (Wildman–Crippen LogP) is 1.45. The normalized spacial score (nSPS) is 20.4. The second kappa shape index (κ2) is 7.67. The average molecular weight is 333 g/mol. The van der Waals surface area contributed by atoms with Crippen molar-refractivity contribution in [3.05, 3.63) is 18.7 Å². The summed E-state index contributed by atoms with van der Waals surface area (Å²) in [6.45, 7) is 2.78. The number of halogens is 3. The SMILES string of the molecule is C[C@H](Cn1ccnc1)NC(=O)NC[C@H]1CCN(CC(F)(F)F)C1. The van der Waals surface area contributed by atoms with Gasteiger partial charge in [0, 0.05) is 38.1 Å². The standard InChI is InChI=1S/C14H22F3N5O/c1-11(7-22-5-3-18-10-22)20-13(23)19-6-12-2-4-21(8-12)9-14(15,16)17/h3,5,10-12H,2,4,6-9H2,1H3,(H2,19,20,23)/t11-,12-/m1/s1. The van der Waals surface area contributed by atoms with Crippen molar-refractivity contribution in [1.29, 1.82) is 0 Å². The molecule has 1 aliphatic rings. The third-order valence-corrected chi connectivity index (χ3v) is 3.75. The number of urea groups is 1. The van der Waals surface area contributed by atoms with Crippen LogP contribution < -0.4 is 10.6 Å². The number of carbonyl (C=O) groups excluding carboxylic acids is 1. The van der Waals surface area contributed by atoms with Crippen LogP contribution in [0, 0.1) is 5.92 Å². The minimum absolute atomic E-state index is 0.0621. The Balaban J connectivity index is 1.63. The fourth-order valence-electron chi connectivity index (χ4n) is 2.75. The maximum Gasteiger partial charge on any atom is 0.401 e. The number of aromatic nitrogens is 2. The van der Waals surface area contributed by atoms with Crippen molar-refractivity contribution in [3.63, 3.8) is 0 Å². The van der Waals surface area contributed by atoms with Gasteiger partial charge in [0.1, 0.15) is 0 Å². The summed E-state index contributed by atoms with van der Waals surface area (Å²) in [6, 6.07) is -0.374. The number of carbonyl (C=O) groups is 1. The first kappa shape index (κ1) is 17.6. The van der Waals surface area contributed by atoms with Gasteiger partial charge in [-0.3, -0.25) is 4.90 Å². The molecule has 1 aromatic heterocycles. The van der Waals surface area contributed by atoms with Crippen molar-refractivity contribution in [2.45, 2.75) is 32.1 Å². The van der Waals surface area contributed by atoms with Crippen LogP contribution >= 0.6 is 0 Å². The molecule has 1 saturated heterocycles. The summed E-state index contributed by atoms with van der Waals surface area (Å²) in [5.74, 6) is 0.0621. The number of alkyl halides is 3. The van der Waals surface area contributed by atoms with E-state index in [1.165, 1.54) is 4.90 Å². The maximum atomic E-state index is 12.3. The summed E-state index contributed by atoms with van der Waals surface area (Å²) < 4.78 is 38.8. The predicted molar refractivity (Wildman–Crippen MR) is 78.8 cm³/mol. The Morgan fingerprint density at radius 2 is 2.26 bits per heavy atom. The van der Waals surface area contributed by atoms with Crippen molar-refractivity contribution in [3.8, 4) is 0 Å². The molecule has 2 rings (SSSR count). The highest BCUT2D eigenvalue weighted by atomic mass is 19.4. The van der Waals surface area contributed by atoms with Gasteiger partial charge in [-0.2, -0.15) is 13.2 Å². The van der Waals surface area contributed by atoms with Gasteiger partial charge in [0.2, 0.25) is 0 Å². The summed E-state index contributed by atoms with van der Waals surface area (Å²) in [5.41, 5.74) is 0. The van der Waals surface area contributed by atoms with E-state index in [1.54, 1.807) is 12.5 Å². The molecule has 0 radical (unpaired) electrons. The molecule has 0 spiro atoms. The largest absolute Gasteiger partial charge is 0.401 e. The number of hydrogen-bond acceptors (Lipinski definition) is 3. The van der Waals surface area contributed by atoms with E-state index in [9.17, 15) is 18.0 Å². The van der Waals surface area contributed by atoms with E-state index in [2.05, 4.69) is 15.6 Å². The lowest BCUT2D eigenvalue weighted by Gasteiger charge is -2.19. The highest BCUT2D eigenvalue weighted by Crippen LogP contribution is 2.22. The molecule has 2 atom stereocenters. The number of rotatable bonds is 6. The molecule has 1 aromatic rings. The van der Waals surface area contributed by atoms with E-state index < -0.39 is 12.7 Å². The van der Waals surface area contributed by atoms with E-state index in [1.807, 2.05) is 17.7 Å². The third-order valence-electron chi connectivity index (χ3n) is 3.75. The number of likely N-dealkylation sites (tertiary alicyclic amines) is 1. The van der Waals surface area contributed by atoms with Crippen LogP contribution in [0.1, 0.15) is 13.3 Å². The second-order valence-corrected chi connectivity index (χ2v) is 6.02. The number of imidazole rings is 1. The van der Waals surface area contributed by atoms with Crippen molar-refractivity contribution >= 4 is 6.03 Å². The molecule has 0 saturated carbocycles. The van der Waals surface area contributed by atoms with Crippen LogP contribution in [-0.4, -0.2) is 58.9 Å². The van der Waals surface area contributed by atoms with Gasteiger partial charge < -0.3 is 15.2 Å². The molecule has 0 aromatic carbocycles. The smallest absolute Gasteiger partial charge is 0.338 e. The second-order valence-electron chi connectivity index (χ2n) is 6.02. The number of nitrogens with one attached hydrogen (secondary N) is 2. The van der Waals surface area contributed by atoms with Gasteiger partial charge in [-0.25, -0.2) is 9.78 Å². The summed E-state index contributed by atoms with van der Waals surface area (Å²) >= 11 is 0. The first-order valence-electron chi connectivity index (χ1n) is 7.61. The maximum absolute atomic E-state index is 12.3. The molecular formula is C14H22F3N5O. The van der Waals surface area contributed by atoms with Crippen LogP contribution in [0.4, 0.5) is 18.0 Å². The fourth-order valence-corrected chi connectivity index (χ4v) is 2.75. The molecule has 1 fully saturated rings. The van der Waals surface area contributed by atoms with Crippen molar-refractivity contribution in [2.75, 3.05) is 26.2 Å². The summed E-state index contributed by atoms with van der Waals surface area (Å²) in [6.07, 6.45) is 1.65. The molecule has 2 amide bonds. The number of hydrogen-bond donors (Lipinski definition) is 2. The third kappa shape index (κ3) is 6.47. The summed E-state index contributed by atoms with van der Waals surface area (Å²) in [4.78, 5) is 17.1. The van der Waals surface area contributed by atoms with Crippen LogP contribution in [-0.2, 0) is 6.54 Å². The molecule has 0 unspecified atom stereocenters. The van der Waals surface area contributed by atoms with E-state index in [0.717, 1.165) is 0 Å². The Morgan fingerprint density at radius 3 is 2.91 bits per heavy atom. The number of amides is 2. The van der Waals surface area contributed by atoms with Crippen LogP contribution in [0.25, 0.3) is 0 Å². The Bertz CT molecular complexity index is 491. The molecular weight excluding hydrogens is 311 g/mol. The molecule has 2 heterocycles. The van der Waals surface area contributed by atoms with E-state index in [4.69, 9.17) is 0 Å². The van der Waals surface area contributed by atoms with Crippen LogP contribution in [0.2, 0.25) is 0 Å². The van der Waals surface area contributed by atoms with Gasteiger partial charge in [-0.05, 0) is 25.8 Å². The highest BCUT2D eigenvalue weighted by Gasteiger charge is 2.34. The van der Waals surface area contributed by atoms with Gasteiger partial charge in [0.15, 0.2) is 0 Å². The van der Waals surface area contributed by atoms with Crippen LogP contribution in [0.3, 0.4) is 0 Å². The average Bonchev–Trinajstić information content (AvgIpc) is 3.06. The molecule has 2 N–H and O–H groups in total. The van der Waals surface area contributed by atoms with Gasteiger partial charge in [0.05, 0.1) is 12.9 Å². The lowest BCUT2D eigenvalue weighted by Crippen LogP contribution is -2.44. The lowest BCUT2D eigenvalue weighted by atomic mass is 10.1. The molecule has 130 valence electrons.